The van der Waals surface area contributed by atoms with Gasteiger partial charge in [-0.1, -0.05) is 30.3 Å². The lowest BCUT2D eigenvalue weighted by molar-refractivity contribution is 0.842. The quantitative estimate of drug-likeness (QED) is 0.894. The Labute approximate surface area is 108 Å². The summed E-state index contributed by atoms with van der Waals surface area (Å²) in [5.41, 5.74) is 3.50. The van der Waals surface area contributed by atoms with E-state index in [1.54, 1.807) is 0 Å². The van der Waals surface area contributed by atoms with Crippen molar-refractivity contribution in [1.82, 2.24) is 9.97 Å². The molecule has 0 aliphatic heterocycles. The van der Waals surface area contributed by atoms with Crippen LogP contribution in [0.2, 0.25) is 0 Å². The van der Waals surface area contributed by atoms with Crippen molar-refractivity contribution < 1.29 is 0 Å². The highest BCUT2D eigenvalue weighted by Gasteiger charge is 2.06. The van der Waals surface area contributed by atoms with E-state index in [0.29, 0.717) is 0 Å². The summed E-state index contributed by atoms with van der Waals surface area (Å²) in [6, 6.07) is 10.4. The molecule has 0 spiro atoms. The molecule has 2 aromatic rings. The van der Waals surface area contributed by atoms with Gasteiger partial charge in [-0.3, -0.25) is 0 Å². The van der Waals surface area contributed by atoms with Crippen LogP contribution >= 0.6 is 0 Å². The molecule has 0 saturated carbocycles. The monoisotopic (exact) mass is 241 g/mol. The van der Waals surface area contributed by atoms with Crippen LogP contribution in [0, 0.1) is 13.8 Å². The number of hydrogen-bond donors (Lipinski definition) is 1. The Balaban J connectivity index is 2.13. The summed E-state index contributed by atoms with van der Waals surface area (Å²) in [6.45, 7) is 4.08. The lowest BCUT2D eigenvalue weighted by atomic mass is 10.1. The summed E-state index contributed by atoms with van der Waals surface area (Å²) < 4.78 is 0. The molecule has 3 nitrogen and oxygen atoms in total. The highest BCUT2D eigenvalue weighted by Crippen LogP contribution is 2.15. The molecule has 1 aromatic heterocycles. The number of benzene rings is 1. The maximum Gasteiger partial charge on any atom is 0.132 e. The Morgan fingerprint density at radius 2 is 1.72 bits per heavy atom. The predicted molar refractivity (Wildman–Crippen MR) is 74.9 cm³/mol. The number of aromatic nitrogens is 2. The largest absolute Gasteiger partial charge is 0.373 e. The van der Waals surface area contributed by atoms with E-state index < -0.39 is 0 Å². The average molecular weight is 241 g/mol. The third-order valence-corrected chi connectivity index (χ3v) is 3.15. The molecule has 0 radical (unpaired) electrons. The fraction of sp³-hybridized carbons (Fsp3) is 0.333. The molecule has 94 valence electrons. The molecular weight excluding hydrogens is 222 g/mol. The Morgan fingerprint density at radius 1 is 1.00 bits per heavy atom. The summed E-state index contributed by atoms with van der Waals surface area (Å²) in [7, 11) is 1.90. The third kappa shape index (κ3) is 2.86. The van der Waals surface area contributed by atoms with Crippen LogP contribution in [-0.4, -0.2) is 17.0 Å². The van der Waals surface area contributed by atoms with E-state index in [1.807, 2.05) is 27.0 Å². The first-order valence-electron chi connectivity index (χ1n) is 6.26. The van der Waals surface area contributed by atoms with E-state index in [4.69, 9.17) is 0 Å². The lowest BCUT2D eigenvalue weighted by Gasteiger charge is -2.09. The molecule has 0 unspecified atom stereocenters. The van der Waals surface area contributed by atoms with Crippen molar-refractivity contribution in [2.75, 3.05) is 12.4 Å². The third-order valence-electron chi connectivity index (χ3n) is 3.15. The molecule has 0 amide bonds. The molecule has 0 aliphatic carbocycles. The molecule has 0 aliphatic rings. The number of hydrogen-bond acceptors (Lipinski definition) is 3. The van der Waals surface area contributed by atoms with E-state index in [2.05, 4.69) is 39.6 Å². The lowest BCUT2D eigenvalue weighted by Crippen LogP contribution is -2.06. The van der Waals surface area contributed by atoms with Crippen molar-refractivity contribution >= 4 is 5.82 Å². The van der Waals surface area contributed by atoms with Gasteiger partial charge in [0.1, 0.15) is 11.6 Å². The molecule has 0 bridgehead atoms. The minimum absolute atomic E-state index is 0.875. The van der Waals surface area contributed by atoms with Crippen LogP contribution in [0.15, 0.2) is 30.3 Å². The highest BCUT2D eigenvalue weighted by molar-refractivity contribution is 5.44. The van der Waals surface area contributed by atoms with Crippen molar-refractivity contribution in [2.24, 2.45) is 0 Å². The topological polar surface area (TPSA) is 37.8 Å². The van der Waals surface area contributed by atoms with Crippen molar-refractivity contribution in [3.8, 4) is 0 Å². The summed E-state index contributed by atoms with van der Waals surface area (Å²) in [4.78, 5) is 9.09. The van der Waals surface area contributed by atoms with Gasteiger partial charge in [-0.15, -0.1) is 0 Å². The van der Waals surface area contributed by atoms with Crippen molar-refractivity contribution in [3.63, 3.8) is 0 Å². The zero-order valence-corrected chi connectivity index (χ0v) is 11.2. The van der Waals surface area contributed by atoms with Crippen LogP contribution in [0.25, 0.3) is 0 Å². The molecule has 1 aromatic carbocycles. The van der Waals surface area contributed by atoms with Crippen molar-refractivity contribution in [3.05, 3.63) is 53.0 Å². The summed E-state index contributed by atoms with van der Waals surface area (Å²) in [5, 5.41) is 3.12. The van der Waals surface area contributed by atoms with E-state index in [-0.39, 0.29) is 0 Å². The number of nitrogens with one attached hydrogen (secondary N) is 1. The van der Waals surface area contributed by atoms with Crippen LogP contribution in [0.4, 0.5) is 5.82 Å². The summed E-state index contributed by atoms with van der Waals surface area (Å²) in [6.07, 6.45) is 1.85. The normalized spacial score (nSPS) is 10.4. The summed E-state index contributed by atoms with van der Waals surface area (Å²) in [5.74, 6) is 1.84. The fourth-order valence-corrected chi connectivity index (χ4v) is 1.94. The van der Waals surface area contributed by atoms with E-state index in [0.717, 1.165) is 35.7 Å². The molecule has 0 fully saturated rings. The predicted octanol–water partition coefficient (Wildman–Crippen LogP) is 2.92. The molecule has 3 heteroatoms. The molecule has 0 atom stereocenters. The zero-order chi connectivity index (χ0) is 13.0. The van der Waals surface area contributed by atoms with Gasteiger partial charge >= 0.3 is 0 Å². The SMILES string of the molecule is CNc1nc(CCc2ccccc2)nc(C)c1C. The van der Waals surface area contributed by atoms with Crippen LogP contribution in [0.5, 0.6) is 0 Å². The van der Waals surface area contributed by atoms with Gasteiger partial charge < -0.3 is 5.32 Å². The van der Waals surface area contributed by atoms with Crippen LogP contribution in [-0.2, 0) is 12.8 Å². The van der Waals surface area contributed by atoms with Gasteiger partial charge in [0.15, 0.2) is 0 Å². The highest BCUT2D eigenvalue weighted by atomic mass is 15.0. The van der Waals surface area contributed by atoms with E-state index in [9.17, 15) is 0 Å². The molecule has 0 saturated heterocycles. The molecule has 18 heavy (non-hydrogen) atoms. The fourth-order valence-electron chi connectivity index (χ4n) is 1.94. The first kappa shape index (κ1) is 12.6. The Bertz CT molecular complexity index is 521. The summed E-state index contributed by atoms with van der Waals surface area (Å²) >= 11 is 0. The van der Waals surface area contributed by atoms with Gasteiger partial charge in [0, 0.05) is 24.7 Å². The van der Waals surface area contributed by atoms with Gasteiger partial charge in [0.25, 0.3) is 0 Å². The van der Waals surface area contributed by atoms with Crippen molar-refractivity contribution in [2.45, 2.75) is 26.7 Å². The smallest absolute Gasteiger partial charge is 0.132 e. The van der Waals surface area contributed by atoms with Gasteiger partial charge in [-0.2, -0.15) is 0 Å². The minimum atomic E-state index is 0.875. The van der Waals surface area contributed by atoms with Crippen LogP contribution in [0.1, 0.15) is 22.6 Å². The number of aryl methyl sites for hydroxylation is 3. The van der Waals surface area contributed by atoms with Gasteiger partial charge in [0.2, 0.25) is 0 Å². The number of nitrogens with zero attached hydrogens (tertiary/aromatic N) is 2. The first-order valence-corrected chi connectivity index (χ1v) is 6.26. The minimum Gasteiger partial charge on any atom is -0.373 e. The van der Waals surface area contributed by atoms with Crippen LogP contribution in [0.3, 0.4) is 0 Å². The first-order chi connectivity index (χ1) is 8.70. The molecular formula is C15H19N3. The molecule has 2 rings (SSSR count). The van der Waals surface area contributed by atoms with Gasteiger partial charge in [-0.25, -0.2) is 9.97 Å². The van der Waals surface area contributed by atoms with E-state index in [1.165, 1.54) is 5.56 Å². The number of anilines is 1. The van der Waals surface area contributed by atoms with Gasteiger partial charge in [0.05, 0.1) is 0 Å². The van der Waals surface area contributed by atoms with Crippen molar-refractivity contribution in [1.29, 1.82) is 0 Å². The second kappa shape index (κ2) is 5.63. The van der Waals surface area contributed by atoms with Crippen LogP contribution < -0.4 is 5.32 Å². The number of rotatable bonds is 4. The second-order valence-electron chi connectivity index (χ2n) is 4.43. The Morgan fingerprint density at radius 3 is 2.39 bits per heavy atom. The maximum atomic E-state index is 4.55. The van der Waals surface area contributed by atoms with E-state index >= 15 is 0 Å². The molecule has 1 heterocycles. The second-order valence-corrected chi connectivity index (χ2v) is 4.43. The average Bonchev–Trinajstić information content (AvgIpc) is 2.41. The standard InChI is InChI=1S/C15H19N3/c1-11-12(2)17-14(18-15(11)16-3)10-9-13-7-5-4-6-8-13/h4-8H,9-10H2,1-3H3,(H,16,17,18). The Hall–Kier alpha value is -1.90. The van der Waals surface area contributed by atoms with Gasteiger partial charge in [-0.05, 0) is 25.8 Å². The Kier molecular flexibility index (Phi) is 3.92. The maximum absolute atomic E-state index is 4.55. The molecule has 1 N–H and O–H groups in total. The zero-order valence-electron chi connectivity index (χ0n) is 11.2.